The zero-order chi connectivity index (χ0) is 10.1. The van der Waals surface area contributed by atoms with Crippen molar-refractivity contribution in [2.75, 3.05) is 13.1 Å². The summed E-state index contributed by atoms with van der Waals surface area (Å²) in [7, 11) is 0. The maximum Gasteiger partial charge on any atom is 0.0147 e. The Morgan fingerprint density at radius 3 is 2.79 bits per heavy atom. The molecule has 0 aromatic carbocycles. The third-order valence-corrected chi connectivity index (χ3v) is 2.42. The SMILES string of the molecule is CCCCNCCCCc1ccc[nH]1. The third-order valence-electron chi connectivity index (χ3n) is 2.42. The van der Waals surface area contributed by atoms with Crippen LogP contribution in [0.3, 0.4) is 0 Å². The molecule has 2 nitrogen and oxygen atoms in total. The first-order valence-corrected chi connectivity index (χ1v) is 5.76. The summed E-state index contributed by atoms with van der Waals surface area (Å²) in [5.41, 5.74) is 1.36. The van der Waals surface area contributed by atoms with E-state index in [4.69, 9.17) is 0 Å². The molecule has 0 aliphatic heterocycles. The highest BCUT2D eigenvalue weighted by molar-refractivity contribution is 5.03. The molecule has 0 amide bonds. The van der Waals surface area contributed by atoms with Crippen molar-refractivity contribution in [3.63, 3.8) is 0 Å². The molecule has 1 aromatic heterocycles. The Bertz CT molecular complexity index is 204. The van der Waals surface area contributed by atoms with Crippen LogP contribution >= 0.6 is 0 Å². The normalized spacial score (nSPS) is 10.6. The first-order valence-electron chi connectivity index (χ1n) is 5.76. The molecule has 1 aromatic rings. The van der Waals surface area contributed by atoms with E-state index in [1.807, 2.05) is 6.20 Å². The molecule has 0 atom stereocenters. The fourth-order valence-electron chi connectivity index (χ4n) is 1.52. The van der Waals surface area contributed by atoms with E-state index in [0.717, 1.165) is 0 Å². The number of aromatic nitrogens is 1. The summed E-state index contributed by atoms with van der Waals surface area (Å²) in [6.45, 7) is 4.58. The molecular formula is C12H22N2. The van der Waals surface area contributed by atoms with Crippen LogP contribution in [0.25, 0.3) is 0 Å². The van der Waals surface area contributed by atoms with E-state index in [1.165, 1.54) is 50.9 Å². The van der Waals surface area contributed by atoms with Crippen LogP contribution < -0.4 is 5.32 Å². The molecule has 1 rings (SSSR count). The van der Waals surface area contributed by atoms with Crippen LogP contribution in [0.5, 0.6) is 0 Å². The van der Waals surface area contributed by atoms with Crippen molar-refractivity contribution in [3.05, 3.63) is 24.0 Å². The first-order chi connectivity index (χ1) is 6.93. The van der Waals surface area contributed by atoms with Crippen molar-refractivity contribution in [3.8, 4) is 0 Å². The molecule has 0 saturated heterocycles. The first kappa shape index (κ1) is 11.3. The molecule has 0 saturated carbocycles. The van der Waals surface area contributed by atoms with Crippen LogP contribution in [-0.4, -0.2) is 18.1 Å². The van der Waals surface area contributed by atoms with E-state index in [9.17, 15) is 0 Å². The van der Waals surface area contributed by atoms with Crippen molar-refractivity contribution in [1.82, 2.24) is 10.3 Å². The summed E-state index contributed by atoms with van der Waals surface area (Å²) in [4.78, 5) is 3.23. The van der Waals surface area contributed by atoms with Gasteiger partial charge >= 0.3 is 0 Å². The maximum atomic E-state index is 3.46. The smallest absolute Gasteiger partial charge is 0.0147 e. The van der Waals surface area contributed by atoms with Crippen molar-refractivity contribution in [2.45, 2.75) is 39.0 Å². The number of aryl methyl sites for hydroxylation is 1. The maximum absolute atomic E-state index is 3.46. The van der Waals surface area contributed by atoms with Gasteiger partial charge in [-0.3, -0.25) is 0 Å². The van der Waals surface area contributed by atoms with Gasteiger partial charge in [-0.05, 0) is 50.9 Å². The topological polar surface area (TPSA) is 27.8 Å². The van der Waals surface area contributed by atoms with Gasteiger partial charge in [0.1, 0.15) is 0 Å². The molecule has 0 aliphatic carbocycles. The molecule has 0 spiro atoms. The Hall–Kier alpha value is -0.760. The van der Waals surface area contributed by atoms with Gasteiger partial charge in [-0.25, -0.2) is 0 Å². The van der Waals surface area contributed by atoms with E-state index in [2.05, 4.69) is 29.4 Å². The molecular weight excluding hydrogens is 172 g/mol. The number of nitrogens with one attached hydrogen (secondary N) is 2. The molecule has 14 heavy (non-hydrogen) atoms. The summed E-state index contributed by atoms with van der Waals surface area (Å²) in [6.07, 6.45) is 8.33. The largest absolute Gasteiger partial charge is 0.365 e. The predicted molar refractivity (Wildman–Crippen MR) is 61.5 cm³/mol. The molecule has 0 aliphatic rings. The summed E-state index contributed by atoms with van der Waals surface area (Å²) < 4.78 is 0. The molecule has 2 heteroatoms. The second-order valence-electron chi connectivity index (χ2n) is 3.76. The average Bonchev–Trinajstić information content (AvgIpc) is 2.69. The van der Waals surface area contributed by atoms with Gasteiger partial charge in [0.15, 0.2) is 0 Å². The molecule has 80 valence electrons. The van der Waals surface area contributed by atoms with E-state index >= 15 is 0 Å². The van der Waals surface area contributed by atoms with Crippen molar-refractivity contribution in [1.29, 1.82) is 0 Å². The lowest BCUT2D eigenvalue weighted by Crippen LogP contribution is -2.16. The van der Waals surface area contributed by atoms with Crippen molar-refractivity contribution < 1.29 is 0 Å². The molecule has 2 N–H and O–H groups in total. The van der Waals surface area contributed by atoms with Crippen LogP contribution in [0.4, 0.5) is 0 Å². The zero-order valence-electron chi connectivity index (χ0n) is 9.18. The van der Waals surface area contributed by atoms with E-state index in [1.54, 1.807) is 0 Å². The Kier molecular flexibility index (Phi) is 6.16. The molecule has 1 heterocycles. The van der Waals surface area contributed by atoms with Crippen LogP contribution in [0.1, 0.15) is 38.3 Å². The quantitative estimate of drug-likeness (QED) is 0.612. The van der Waals surface area contributed by atoms with Gasteiger partial charge in [0.2, 0.25) is 0 Å². The fourth-order valence-corrected chi connectivity index (χ4v) is 1.52. The standard InChI is InChI=1S/C12H22N2/c1-2-3-9-13-10-5-4-7-12-8-6-11-14-12/h6,8,11,13-14H,2-5,7,9-10H2,1H3. The van der Waals surface area contributed by atoms with Crippen LogP contribution in [0.2, 0.25) is 0 Å². The molecule has 0 radical (unpaired) electrons. The Morgan fingerprint density at radius 2 is 2.07 bits per heavy atom. The lowest BCUT2D eigenvalue weighted by atomic mass is 10.2. The van der Waals surface area contributed by atoms with Gasteiger partial charge in [-0.2, -0.15) is 0 Å². The summed E-state index contributed by atoms with van der Waals surface area (Å²) in [5, 5.41) is 3.46. The number of H-pyrrole nitrogens is 1. The minimum absolute atomic E-state index is 1.17. The monoisotopic (exact) mass is 194 g/mol. The second kappa shape index (κ2) is 7.63. The van der Waals surface area contributed by atoms with Crippen molar-refractivity contribution >= 4 is 0 Å². The van der Waals surface area contributed by atoms with E-state index < -0.39 is 0 Å². The number of hydrogen-bond donors (Lipinski definition) is 2. The predicted octanol–water partition coefficient (Wildman–Crippen LogP) is 2.73. The number of rotatable bonds is 8. The van der Waals surface area contributed by atoms with E-state index in [-0.39, 0.29) is 0 Å². The Labute approximate surface area is 87.1 Å². The minimum Gasteiger partial charge on any atom is -0.365 e. The fraction of sp³-hybridized carbons (Fsp3) is 0.667. The third kappa shape index (κ3) is 5.07. The molecule has 0 unspecified atom stereocenters. The number of hydrogen-bond acceptors (Lipinski definition) is 1. The molecule has 0 fully saturated rings. The zero-order valence-corrected chi connectivity index (χ0v) is 9.18. The van der Waals surface area contributed by atoms with Gasteiger partial charge in [-0.15, -0.1) is 0 Å². The lowest BCUT2D eigenvalue weighted by molar-refractivity contribution is 0.598. The van der Waals surface area contributed by atoms with Crippen molar-refractivity contribution in [2.24, 2.45) is 0 Å². The van der Waals surface area contributed by atoms with Gasteiger partial charge in [0.05, 0.1) is 0 Å². The lowest BCUT2D eigenvalue weighted by Gasteiger charge is -2.02. The minimum atomic E-state index is 1.17. The van der Waals surface area contributed by atoms with Gasteiger partial charge < -0.3 is 10.3 Å². The number of aromatic amines is 1. The molecule has 0 bridgehead atoms. The highest BCUT2D eigenvalue weighted by Crippen LogP contribution is 2.00. The summed E-state index contributed by atoms with van der Waals surface area (Å²) in [6, 6.07) is 4.22. The van der Waals surface area contributed by atoms with Crippen LogP contribution in [-0.2, 0) is 6.42 Å². The van der Waals surface area contributed by atoms with Gasteiger partial charge in [0, 0.05) is 11.9 Å². The van der Waals surface area contributed by atoms with E-state index in [0.29, 0.717) is 0 Å². The average molecular weight is 194 g/mol. The van der Waals surface area contributed by atoms with Gasteiger partial charge in [0.25, 0.3) is 0 Å². The Balaban J connectivity index is 1.85. The Morgan fingerprint density at radius 1 is 1.21 bits per heavy atom. The summed E-state index contributed by atoms with van der Waals surface area (Å²) >= 11 is 0. The number of unbranched alkanes of at least 4 members (excludes halogenated alkanes) is 2. The second-order valence-corrected chi connectivity index (χ2v) is 3.76. The van der Waals surface area contributed by atoms with Gasteiger partial charge in [-0.1, -0.05) is 13.3 Å². The highest BCUT2D eigenvalue weighted by Gasteiger charge is 1.92. The van der Waals surface area contributed by atoms with Crippen LogP contribution in [0, 0.1) is 0 Å². The van der Waals surface area contributed by atoms with Crippen LogP contribution in [0.15, 0.2) is 18.3 Å². The highest BCUT2D eigenvalue weighted by atomic mass is 14.8. The summed E-state index contributed by atoms with van der Waals surface area (Å²) in [5.74, 6) is 0.